The van der Waals surface area contributed by atoms with E-state index in [9.17, 15) is 14.4 Å². The average molecular weight is 679 g/mol. The highest BCUT2D eigenvalue weighted by atomic mass is 32.1. The molecular formula is C37H34N4O7S. The minimum absolute atomic E-state index is 0.140. The minimum Gasteiger partial charge on any atom is -0.494 e. The highest BCUT2D eigenvalue weighted by Crippen LogP contribution is 2.36. The Balaban J connectivity index is 1.54. The van der Waals surface area contributed by atoms with Crippen molar-refractivity contribution in [2.24, 2.45) is 4.99 Å². The third-order valence-electron chi connectivity index (χ3n) is 7.76. The number of para-hydroxylation sites is 1. The molecule has 0 radical (unpaired) electrons. The first-order valence-corrected chi connectivity index (χ1v) is 16.5. The Hall–Kier alpha value is -5.75. The van der Waals surface area contributed by atoms with Crippen LogP contribution in [-0.2, 0) is 14.3 Å². The van der Waals surface area contributed by atoms with E-state index in [4.69, 9.17) is 29.0 Å². The summed E-state index contributed by atoms with van der Waals surface area (Å²) in [7, 11) is 1.45. The van der Waals surface area contributed by atoms with Crippen LogP contribution >= 0.6 is 11.3 Å². The molecule has 1 aliphatic heterocycles. The normalized spacial score (nSPS) is 14.2. The molecule has 5 aromatic rings. The van der Waals surface area contributed by atoms with Gasteiger partial charge in [-0.2, -0.15) is 5.10 Å². The first kappa shape index (κ1) is 33.2. The van der Waals surface area contributed by atoms with Crippen LogP contribution in [0.5, 0.6) is 17.2 Å². The lowest BCUT2D eigenvalue weighted by Crippen LogP contribution is -2.40. The molecule has 0 saturated heterocycles. The number of nitrogens with zero attached hydrogens (tertiary/aromatic N) is 4. The van der Waals surface area contributed by atoms with Crippen LogP contribution in [0.1, 0.15) is 44.9 Å². The van der Waals surface area contributed by atoms with Gasteiger partial charge in [0.15, 0.2) is 16.3 Å². The number of benzene rings is 3. The first-order chi connectivity index (χ1) is 23.7. The topological polar surface area (TPSA) is 123 Å². The second kappa shape index (κ2) is 14.2. The summed E-state index contributed by atoms with van der Waals surface area (Å²) >= 11 is 1.21. The van der Waals surface area contributed by atoms with Crippen LogP contribution in [-0.4, -0.2) is 46.6 Å². The molecule has 0 aliphatic carbocycles. The van der Waals surface area contributed by atoms with Gasteiger partial charge in [-0.25, -0.2) is 14.5 Å². The van der Waals surface area contributed by atoms with Gasteiger partial charge < -0.3 is 18.9 Å². The van der Waals surface area contributed by atoms with Crippen LogP contribution in [0.15, 0.2) is 100 Å². The third-order valence-corrected chi connectivity index (χ3v) is 8.75. The van der Waals surface area contributed by atoms with Gasteiger partial charge in [0.1, 0.15) is 11.4 Å². The zero-order valence-corrected chi connectivity index (χ0v) is 28.4. The lowest BCUT2D eigenvalue weighted by Gasteiger charge is -2.25. The maximum absolute atomic E-state index is 14.4. The van der Waals surface area contributed by atoms with Gasteiger partial charge in [-0.1, -0.05) is 35.6 Å². The van der Waals surface area contributed by atoms with E-state index in [1.807, 2.05) is 67.7 Å². The quantitative estimate of drug-likeness (QED) is 0.150. The molecule has 0 spiro atoms. The van der Waals surface area contributed by atoms with Gasteiger partial charge in [0.05, 0.1) is 47.9 Å². The van der Waals surface area contributed by atoms with Gasteiger partial charge >= 0.3 is 11.9 Å². The van der Waals surface area contributed by atoms with Crippen molar-refractivity contribution in [3.05, 3.63) is 121 Å². The summed E-state index contributed by atoms with van der Waals surface area (Å²) in [6.45, 7) is 7.35. The largest absolute Gasteiger partial charge is 0.494 e. The summed E-state index contributed by atoms with van der Waals surface area (Å²) in [6, 6.07) is 21.4. The Morgan fingerprint density at radius 1 is 0.980 bits per heavy atom. The maximum Gasteiger partial charge on any atom is 0.338 e. The van der Waals surface area contributed by atoms with E-state index >= 15 is 0 Å². The van der Waals surface area contributed by atoms with E-state index in [0.29, 0.717) is 38.5 Å². The highest BCUT2D eigenvalue weighted by Gasteiger charge is 2.34. The molecule has 3 heterocycles. The Labute approximate surface area is 286 Å². The van der Waals surface area contributed by atoms with Crippen molar-refractivity contribution >= 4 is 29.4 Å². The summed E-state index contributed by atoms with van der Waals surface area (Å²) in [5, 5.41) is 4.91. The summed E-state index contributed by atoms with van der Waals surface area (Å²) in [5.41, 5.74) is 3.92. The second-order valence-electron chi connectivity index (χ2n) is 11.0. The zero-order valence-electron chi connectivity index (χ0n) is 27.6. The molecule has 12 heteroatoms. The van der Waals surface area contributed by atoms with E-state index in [1.54, 1.807) is 42.8 Å². The van der Waals surface area contributed by atoms with Crippen LogP contribution in [0, 0.1) is 0 Å². The van der Waals surface area contributed by atoms with Gasteiger partial charge in [-0.3, -0.25) is 14.2 Å². The number of hydrogen-bond donors (Lipinski definition) is 0. The molecule has 0 saturated carbocycles. The molecule has 11 nitrogen and oxygen atoms in total. The number of aromatic nitrogens is 3. The van der Waals surface area contributed by atoms with Gasteiger partial charge in [0.2, 0.25) is 0 Å². The lowest BCUT2D eigenvalue weighted by molar-refractivity contribution is -0.139. The number of fused-ring (bicyclic) bond motifs is 1. The van der Waals surface area contributed by atoms with Gasteiger partial charge in [-0.15, -0.1) is 0 Å². The monoisotopic (exact) mass is 678 g/mol. The SMILES string of the molecule is CCOC(=O)C1=C(C)N=c2sc(=Cc3cn(-c4ccccc4)nc3-c3ccc(OCC)cc3)c(=O)n2C1c1ccc(OC(C)=O)c(OC)c1. The Morgan fingerprint density at radius 3 is 2.41 bits per heavy atom. The molecule has 0 bridgehead atoms. The Kier molecular flexibility index (Phi) is 9.58. The number of esters is 2. The summed E-state index contributed by atoms with van der Waals surface area (Å²) in [6.07, 6.45) is 3.68. The molecule has 1 atom stereocenters. The standard InChI is InChI=1S/C37H34N4O7S/c1-6-46-28-16-13-24(14-17-28)33-26(21-40(39-33)27-11-9-8-10-12-27)20-31-35(43)41-34(25-15-18-29(48-23(4)42)30(19-25)45-5)32(36(44)47-7-2)22(3)38-37(41)49-31/h8-21,34H,6-7H2,1-5H3. The fourth-order valence-corrected chi connectivity index (χ4v) is 6.69. The molecule has 2 aromatic heterocycles. The van der Waals surface area contributed by atoms with E-state index in [2.05, 4.69) is 0 Å². The van der Waals surface area contributed by atoms with Crippen molar-refractivity contribution in [3.8, 4) is 34.2 Å². The first-order valence-electron chi connectivity index (χ1n) is 15.7. The molecule has 6 rings (SSSR count). The van der Waals surface area contributed by atoms with Crippen LogP contribution in [0.25, 0.3) is 23.0 Å². The molecular weight excluding hydrogens is 644 g/mol. The number of carbonyl (C=O) groups excluding carboxylic acids is 2. The zero-order chi connectivity index (χ0) is 34.7. The van der Waals surface area contributed by atoms with Crippen LogP contribution in [0.2, 0.25) is 0 Å². The fraction of sp³-hybridized carbons (Fsp3) is 0.216. The molecule has 250 valence electrons. The highest BCUT2D eigenvalue weighted by molar-refractivity contribution is 7.07. The predicted octanol–water partition coefficient (Wildman–Crippen LogP) is 4.98. The minimum atomic E-state index is -0.893. The van der Waals surface area contributed by atoms with E-state index in [1.165, 1.54) is 29.9 Å². The number of ether oxygens (including phenoxy) is 4. The van der Waals surface area contributed by atoms with Gasteiger partial charge in [0, 0.05) is 24.2 Å². The maximum atomic E-state index is 14.4. The number of allylic oxidation sites excluding steroid dienone is 1. The average Bonchev–Trinajstić information content (AvgIpc) is 3.65. The molecule has 1 unspecified atom stereocenters. The summed E-state index contributed by atoms with van der Waals surface area (Å²) < 4.78 is 25.6. The van der Waals surface area contributed by atoms with Crippen LogP contribution in [0.3, 0.4) is 0 Å². The lowest BCUT2D eigenvalue weighted by atomic mass is 9.95. The predicted molar refractivity (Wildman–Crippen MR) is 185 cm³/mol. The molecule has 3 aromatic carbocycles. The van der Waals surface area contributed by atoms with Crippen molar-refractivity contribution < 1.29 is 28.5 Å². The number of thiazole rings is 1. The summed E-state index contributed by atoms with van der Waals surface area (Å²) in [5.74, 6) is 0.117. The van der Waals surface area contributed by atoms with Crippen molar-refractivity contribution in [3.63, 3.8) is 0 Å². The molecule has 0 fully saturated rings. The van der Waals surface area contributed by atoms with E-state index in [-0.39, 0.29) is 29.2 Å². The molecule has 49 heavy (non-hydrogen) atoms. The van der Waals surface area contributed by atoms with Crippen LogP contribution in [0.4, 0.5) is 0 Å². The second-order valence-corrected chi connectivity index (χ2v) is 12.0. The Morgan fingerprint density at radius 2 is 1.73 bits per heavy atom. The van der Waals surface area contributed by atoms with Crippen LogP contribution < -0.4 is 29.1 Å². The molecule has 0 amide bonds. The van der Waals surface area contributed by atoms with Crippen molar-refractivity contribution in [2.45, 2.75) is 33.7 Å². The van der Waals surface area contributed by atoms with Crippen molar-refractivity contribution in [1.29, 1.82) is 0 Å². The van der Waals surface area contributed by atoms with Gasteiger partial charge in [-0.05, 0) is 80.9 Å². The number of hydrogen-bond acceptors (Lipinski definition) is 10. The number of carbonyl (C=O) groups is 2. The van der Waals surface area contributed by atoms with E-state index < -0.39 is 18.0 Å². The smallest absolute Gasteiger partial charge is 0.338 e. The molecule has 1 aliphatic rings. The fourth-order valence-electron chi connectivity index (χ4n) is 5.65. The Bertz CT molecular complexity index is 2250. The van der Waals surface area contributed by atoms with E-state index in [0.717, 1.165) is 17.0 Å². The number of methoxy groups -OCH3 is 1. The van der Waals surface area contributed by atoms with Gasteiger partial charge in [0.25, 0.3) is 5.56 Å². The van der Waals surface area contributed by atoms with Crippen molar-refractivity contribution in [2.75, 3.05) is 20.3 Å². The third kappa shape index (κ3) is 6.68. The number of rotatable bonds is 10. The van der Waals surface area contributed by atoms with Crippen molar-refractivity contribution in [1.82, 2.24) is 14.3 Å². The molecule has 0 N–H and O–H groups in total. The summed E-state index contributed by atoms with van der Waals surface area (Å²) in [4.78, 5) is 44.6.